The molecule has 26 heavy (non-hydrogen) atoms. The zero-order chi connectivity index (χ0) is 18.9. The van der Waals surface area contributed by atoms with Gasteiger partial charge in [-0.05, 0) is 31.2 Å². The first-order valence-electron chi connectivity index (χ1n) is 7.39. The monoisotopic (exact) mass is 409 g/mol. The van der Waals surface area contributed by atoms with Crippen LogP contribution in [0.15, 0.2) is 58.3 Å². The summed E-state index contributed by atoms with van der Waals surface area (Å²) in [7, 11) is -7.28. The molecule has 7 nitrogen and oxygen atoms in total. The first-order chi connectivity index (χ1) is 12.1. The number of nitrogens with one attached hydrogen (secondary N) is 1. The van der Waals surface area contributed by atoms with Gasteiger partial charge in [0.05, 0.1) is 9.79 Å². The van der Waals surface area contributed by atoms with Crippen molar-refractivity contribution < 1.29 is 16.8 Å². The Labute approximate surface area is 155 Å². The normalized spacial score (nSPS) is 12.1. The van der Waals surface area contributed by atoms with Crippen LogP contribution in [0, 0.1) is 6.92 Å². The van der Waals surface area contributed by atoms with E-state index in [-0.39, 0.29) is 14.9 Å². The molecule has 2 aromatic carbocycles. The van der Waals surface area contributed by atoms with E-state index in [2.05, 4.69) is 14.9 Å². The van der Waals surface area contributed by atoms with Gasteiger partial charge in [-0.15, -0.1) is 10.2 Å². The maximum atomic E-state index is 12.4. The molecule has 0 amide bonds. The molecule has 0 radical (unpaired) electrons. The van der Waals surface area contributed by atoms with Crippen LogP contribution in [0.2, 0.25) is 0 Å². The van der Waals surface area contributed by atoms with Gasteiger partial charge in [0.1, 0.15) is 5.01 Å². The van der Waals surface area contributed by atoms with E-state index >= 15 is 0 Å². The lowest BCUT2D eigenvalue weighted by molar-refractivity contribution is 0.597. The number of anilines is 1. The molecular formula is C16H15N3O4S3. The van der Waals surface area contributed by atoms with Crippen LogP contribution in [0.25, 0.3) is 10.6 Å². The van der Waals surface area contributed by atoms with E-state index in [4.69, 9.17) is 0 Å². The van der Waals surface area contributed by atoms with E-state index in [0.29, 0.717) is 5.01 Å². The molecule has 10 heteroatoms. The molecule has 0 spiro atoms. The summed E-state index contributed by atoms with van der Waals surface area (Å²) in [4.78, 5) is -0.00833. The van der Waals surface area contributed by atoms with Crippen molar-refractivity contribution in [1.82, 2.24) is 10.2 Å². The number of hydrogen-bond acceptors (Lipinski definition) is 7. The summed E-state index contributed by atoms with van der Waals surface area (Å²) in [6.07, 6.45) is 1.06. The number of sulfone groups is 1. The van der Waals surface area contributed by atoms with Crippen LogP contribution in [-0.2, 0) is 19.9 Å². The average molecular weight is 410 g/mol. The highest BCUT2D eigenvalue weighted by Crippen LogP contribution is 2.28. The molecule has 1 aromatic heterocycles. The second kappa shape index (κ2) is 6.78. The SMILES string of the molecule is Cc1ccc(-c2nnc(NS(=O)(=O)c3ccc(S(C)(=O)=O)cc3)s2)cc1. The Bertz CT molecular complexity index is 1130. The Morgan fingerprint density at radius 2 is 1.42 bits per heavy atom. The Morgan fingerprint density at radius 1 is 0.846 bits per heavy atom. The standard InChI is InChI=1S/C16H15N3O4S3/c1-11-3-5-12(6-4-11)15-17-18-16(24-15)19-26(22,23)14-9-7-13(8-10-14)25(2,20)21/h3-10H,1-2H3,(H,18,19). The highest BCUT2D eigenvalue weighted by Gasteiger charge is 2.18. The maximum Gasteiger partial charge on any atom is 0.263 e. The van der Waals surface area contributed by atoms with Crippen molar-refractivity contribution >= 4 is 36.3 Å². The molecule has 3 aromatic rings. The molecular weight excluding hydrogens is 394 g/mol. The maximum absolute atomic E-state index is 12.4. The van der Waals surface area contributed by atoms with Crippen LogP contribution in [0.5, 0.6) is 0 Å². The van der Waals surface area contributed by atoms with Crippen molar-refractivity contribution in [3.05, 3.63) is 54.1 Å². The third kappa shape index (κ3) is 4.09. The fraction of sp³-hybridized carbons (Fsp3) is 0.125. The lowest BCUT2D eigenvalue weighted by atomic mass is 10.2. The molecule has 0 atom stereocenters. The van der Waals surface area contributed by atoms with Crippen molar-refractivity contribution in [1.29, 1.82) is 0 Å². The number of aromatic nitrogens is 2. The predicted molar refractivity (Wildman–Crippen MR) is 100 cm³/mol. The Morgan fingerprint density at radius 3 is 2.00 bits per heavy atom. The van der Waals surface area contributed by atoms with E-state index in [1.807, 2.05) is 31.2 Å². The quantitative estimate of drug-likeness (QED) is 0.694. The van der Waals surface area contributed by atoms with Crippen molar-refractivity contribution in [2.45, 2.75) is 16.7 Å². The van der Waals surface area contributed by atoms with E-state index < -0.39 is 19.9 Å². The van der Waals surface area contributed by atoms with Gasteiger partial charge in [0, 0.05) is 11.8 Å². The molecule has 0 saturated carbocycles. The number of sulfonamides is 1. The topological polar surface area (TPSA) is 106 Å². The van der Waals surface area contributed by atoms with Gasteiger partial charge in [0.15, 0.2) is 9.84 Å². The summed E-state index contributed by atoms with van der Waals surface area (Å²) in [6.45, 7) is 1.97. The van der Waals surface area contributed by atoms with Crippen molar-refractivity contribution in [2.75, 3.05) is 11.0 Å². The van der Waals surface area contributed by atoms with E-state index in [9.17, 15) is 16.8 Å². The summed E-state index contributed by atoms with van der Waals surface area (Å²) >= 11 is 1.11. The second-order valence-electron chi connectivity index (χ2n) is 5.63. The highest BCUT2D eigenvalue weighted by molar-refractivity contribution is 7.93. The zero-order valence-electron chi connectivity index (χ0n) is 13.9. The van der Waals surface area contributed by atoms with Crippen LogP contribution in [0.1, 0.15) is 5.56 Å². The van der Waals surface area contributed by atoms with E-state index in [1.165, 1.54) is 24.3 Å². The smallest absolute Gasteiger partial charge is 0.253 e. The highest BCUT2D eigenvalue weighted by atomic mass is 32.2. The predicted octanol–water partition coefficient (Wildman–Crippen LogP) is 2.72. The molecule has 136 valence electrons. The number of aryl methyl sites for hydroxylation is 1. The molecule has 3 rings (SSSR count). The Kier molecular flexibility index (Phi) is 4.82. The molecule has 1 N–H and O–H groups in total. The minimum absolute atomic E-state index is 0.0500. The van der Waals surface area contributed by atoms with Gasteiger partial charge in [0.2, 0.25) is 5.13 Å². The van der Waals surface area contributed by atoms with Gasteiger partial charge in [-0.3, -0.25) is 4.72 Å². The number of hydrogen-bond donors (Lipinski definition) is 1. The molecule has 0 unspecified atom stereocenters. The lowest BCUT2D eigenvalue weighted by Crippen LogP contribution is -2.13. The van der Waals surface area contributed by atoms with Crippen LogP contribution in [-0.4, -0.2) is 33.3 Å². The average Bonchev–Trinajstić information content (AvgIpc) is 3.02. The molecule has 0 bridgehead atoms. The first-order valence-corrected chi connectivity index (χ1v) is 11.6. The summed E-state index contributed by atoms with van der Waals surface area (Å²) in [5.74, 6) is 0. The minimum Gasteiger partial charge on any atom is -0.253 e. The third-order valence-corrected chi connectivity index (χ3v) is 7.01. The van der Waals surface area contributed by atoms with Crippen molar-refractivity contribution in [3.63, 3.8) is 0 Å². The van der Waals surface area contributed by atoms with E-state index in [1.54, 1.807) is 0 Å². The Balaban J connectivity index is 1.83. The zero-order valence-corrected chi connectivity index (χ0v) is 16.3. The second-order valence-corrected chi connectivity index (χ2v) is 10.3. The van der Waals surface area contributed by atoms with Crippen LogP contribution >= 0.6 is 11.3 Å². The van der Waals surface area contributed by atoms with Crippen LogP contribution in [0.4, 0.5) is 5.13 Å². The first kappa shape index (κ1) is 18.5. The molecule has 0 aliphatic rings. The summed E-state index contributed by atoms with van der Waals surface area (Å²) in [5, 5.41) is 8.59. The lowest BCUT2D eigenvalue weighted by Gasteiger charge is -2.05. The fourth-order valence-electron chi connectivity index (χ4n) is 2.12. The number of benzene rings is 2. The van der Waals surface area contributed by atoms with Gasteiger partial charge in [-0.25, -0.2) is 16.8 Å². The summed E-state index contributed by atoms with van der Waals surface area (Å²) < 4.78 is 50.1. The number of rotatable bonds is 5. The fourth-order valence-corrected chi connectivity index (χ4v) is 4.73. The minimum atomic E-state index is -3.89. The van der Waals surface area contributed by atoms with Crippen LogP contribution < -0.4 is 4.72 Å². The van der Waals surface area contributed by atoms with Crippen molar-refractivity contribution in [2.24, 2.45) is 0 Å². The summed E-state index contributed by atoms with van der Waals surface area (Å²) in [6, 6.07) is 12.6. The molecule has 0 saturated heterocycles. The van der Waals surface area contributed by atoms with Crippen molar-refractivity contribution in [3.8, 4) is 10.6 Å². The molecule has 0 aliphatic carbocycles. The summed E-state index contributed by atoms with van der Waals surface area (Å²) in [5.41, 5.74) is 1.95. The Hall–Kier alpha value is -2.30. The largest absolute Gasteiger partial charge is 0.263 e. The van der Waals surface area contributed by atoms with Gasteiger partial charge in [-0.1, -0.05) is 41.2 Å². The molecule has 0 aliphatic heterocycles. The van der Waals surface area contributed by atoms with Gasteiger partial charge in [-0.2, -0.15) is 0 Å². The van der Waals surface area contributed by atoms with E-state index in [0.717, 1.165) is 28.7 Å². The third-order valence-electron chi connectivity index (χ3n) is 3.51. The number of nitrogens with zero attached hydrogens (tertiary/aromatic N) is 2. The van der Waals surface area contributed by atoms with Gasteiger partial charge in [0.25, 0.3) is 10.0 Å². The van der Waals surface area contributed by atoms with Crippen LogP contribution in [0.3, 0.4) is 0 Å². The van der Waals surface area contributed by atoms with Gasteiger partial charge < -0.3 is 0 Å². The molecule has 0 fully saturated rings. The molecule has 1 heterocycles. The van der Waals surface area contributed by atoms with Gasteiger partial charge >= 0.3 is 0 Å².